The van der Waals surface area contributed by atoms with Crippen molar-refractivity contribution in [2.24, 2.45) is 0 Å². The molecular formula is C21H24ClNO2. The summed E-state index contributed by atoms with van der Waals surface area (Å²) in [6.07, 6.45) is 3.97. The molecule has 0 atom stereocenters. The van der Waals surface area contributed by atoms with E-state index in [1.807, 2.05) is 60.5 Å². The number of carbonyl (C=O) groups excluding carboxylic acids is 1. The average Bonchev–Trinajstić information content (AvgIpc) is 3.12. The maximum atomic E-state index is 13.4. The van der Waals surface area contributed by atoms with E-state index in [4.69, 9.17) is 16.3 Å². The topological polar surface area (TPSA) is 29.5 Å². The Morgan fingerprint density at radius 1 is 1.16 bits per heavy atom. The third-order valence-corrected chi connectivity index (χ3v) is 5.42. The molecule has 0 radical (unpaired) electrons. The number of hydrogen-bond acceptors (Lipinski definition) is 2. The Kier molecular flexibility index (Phi) is 5.33. The standard InChI is InChI=1S/C21H24ClNO2/c1-23(15-16-6-5-7-19(14-16)25-2)20(24)21(12-3-4-13-21)17-8-10-18(22)11-9-17/h5-11,14H,3-4,12-13,15H2,1-2H3. The molecule has 3 rings (SSSR count). The number of benzene rings is 2. The lowest BCUT2D eigenvalue weighted by atomic mass is 9.77. The molecule has 0 saturated heterocycles. The van der Waals surface area contributed by atoms with Crippen LogP contribution in [0.1, 0.15) is 36.8 Å². The number of nitrogens with zero attached hydrogens (tertiary/aromatic N) is 1. The second kappa shape index (κ2) is 7.49. The first-order valence-corrected chi connectivity index (χ1v) is 9.07. The van der Waals surface area contributed by atoms with Gasteiger partial charge in [-0.15, -0.1) is 0 Å². The quantitative estimate of drug-likeness (QED) is 0.767. The van der Waals surface area contributed by atoms with Crippen molar-refractivity contribution >= 4 is 17.5 Å². The Morgan fingerprint density at radius 2 is 1.84 bits per heavy atom. The lowest BCUT2D eigenvalue weighted by Crippen LogP contribution is -2.43. The number of hydrogen-bond donors (Lipinski definition) is 0. The van der Waals surface area contributed by atoms with Crippen LogP contribution >= 0.6 is 11.6 Å². The van der Waals surface area contributed by atoms with Crippen molar-refractivity contribution in [1.82, 2.24) is 4.90 Å². The highest BCUT2D eigenvalue weighted by Gasteiger charge is 2.44. The van der Waals surface area contributed by atoms with Crippen LogP contribution in [-0.4, -0.2) is 25.0 Å². The first kappa shape index (κ1) is 17.8. The van der Waals surface area contributed by atoms with Gasteiger partial charge in [0.1, 0.15) is 5.75 Å². The average molecular weight is 358 g/mol. The number of carbonyl (C=O) groups is 1. The monoisotopic (exact) mass is 357 g/mol. The fourth-order valence-corrected chi connectivity index (χ4v) is 3.98. The highest BCUT2D eigenvalue weighted by atomic mass is 35.5. The summed E-state index contributed by atoms with van der Waals surface area (Å²) in [6.45, 7) is 0.575. The van der Waals surface area contributed by atoms with Crippen LogP contribution in [0.25, 0.3) is 0 Å². The molecule has 1 aliphatic carbocycles. The minimum Gasteiger partial charge on any atom is -0.497 e. The van der Waals surface area contributed by atoms with Crippen LogP contribution < -0.4 is 4.74 Å². The minimum atomic E-state index is -0.418. The van der Waals surface area contributed by atoms with E-state index < -0.39 is 5.41 Å². The van der Waals surface area contributed by atoms with E-state index in [9.17, 15) is 4.79 Å². The normalized spacial score (nSPS) is 15.8. The molecule has 2 aromatic rings. The van der Waals surface area contributed by atoms with Crippen molar-refractivity contribution < 1.29 is 9.53 Å². The highest BCUT2D eigenvalue weighted by molar-refractivity contribution is 6.30. The van der Waals surface area contributed by atoms with E-state index in [1.54, 1.807) is 7.11 Å². The Labute approximate surface area is 154 Å². The SMILES string of the molecule is COc1cccc(CN(C)C(=O)C2(c3ccc(Cl)cc3)CCCC2)c1. The zero-order chi connectivity index (χ0) is 17.9. The molecule has 0 spiro atoms. The second-order valence-corrected chi connectivity index (χ2v) is 7.25. The van der Waals surface area contributed by atoms with Crippen molar-refractivity contribution in [3.63, 3.8) is 0 Å². The van der Waals surface area contributed by atoms with Crippen molar-refractivity contribution in [3.05, 3.63) is 64.7 Å². The van der Waals surface area contributed by atoms with Crippen molar-refractivity contribution in [2.45, 2.75) is 37.6 Å². The molecule has 1 aliphatic rings. The number of rotatable bonds is 5. The van der Waals surface area contributed by atoms with E-state index in [0.29, 0.717) is 11.6 Å². The smallest absolute Gasteiger partial charge is 0.233 e. The molecule has 132 valence electrons. The first-order valence-electron chi connectivity index (χ1n) is 8.70. The molecule has 0 bridgehead atoms. The van der Waals surface area contributed by atoms with Gasteiger partial charge in [-0.3, -0.25) is 4.79 Å². The molecule has 3 nitrogen and oxygen atoms in total. The van der Waals surface area contributed by atoms with E-state index in [-0.39, 0.29) is 5.91 Å². The highest BCUT2D eigenvalue weighted by Crippen LogP contribution is 2.43. The van der Waals surface area contributed by atoms with E-state index in [0.717, 1.165) is 42.6 Å². The number of methoxy groups -OCH3 is 1. The van der Waals surface area contributed by atoms with Gasteiger partial charge >= 0.3 is 0 Å². The van der Waals surface area contributed by atoms with Gasteiger partial charge in [-0.05, 0) is 48.2 Å². The number of halogens is 1. The predicted octanol–water partition coefficient (Wildman–Crippen LogP) is 4.82. The fourth-order valence-electron chi connectivity index (χ4n) is 3.86. The van der Waals surface area contributed by atoms with Gasteiger partial charge < -0.3 is 9.64 Å². The molecule has 1 amide bonds. The van der Waals surface area contributed by atoms with Gasteiger partial charge in [-0.2, -0.15) is 0 Å². The molecule has 0 unspecified atom stereocenters. The van der Waals surface area contributed by atoms with Crippen molar-refractivity contribution in [3.8, 4) is 5.75 Å². The molecule has 0 aliphatic heterocycles. The van der Waals surface area contributed by atoms with Crippen LogP contribution in [0, 0.1) is 0 Å². The van der Waals surface area contributed by atoms with Crippen LogP contribution in [0.15, 0.2) is 48.5 Å². The summed E-state index contributed by atoms with van der Waals surface area (Å²) in [5.41, 5.74) is 1.73. The molecule has 1 saturated carbocycles. The molecule has 0 N–H and O–H groups in total. The Morgan fingerprint density at radius 3 is 2.48 bits per heavy atom. The first-order chi connectivity index (χ1) is 12.0. The summed E-state index contributed by atoms with van der Waals surface area (Å²) in [5.74, 6) is 1.00. The lowest BCUT2D eigenvalue weighted by Gasteiger charge is -2.33. The van der Waals surface area contributed by atoms with E-state index >= 15 is 0 Å². The number of likely N-dealkylation sites (N-methyl/N-ethyl adjacent to an activating group) is 1. The molecule has 2 aromatic carbocycles. The molecule has 0 heterocycles. The minimum absolute atomic E-state index is 0.190. The second-order valence-electron chi connectivity index (χ2n) is 6.81. The molecule has 0 aromatic heterocycles. The van der Waals surface area contributed by atoms with E-state index in [1.165, 1.54) is 0 Å². The third-order valence-electron chi connectivity index (χ3n) is 5.16. The van der Waals surface area contributed by atoms with E-state index in [2.05, 4.69) is 0 Å². The Hall–Kier alpha value is -2.00. The molecular weight excluding hydrogens is 334 g/mol. The van der Waals surface area contributed by atoms with Crippen LogP contribution in [-0.2, 0) is 16.8 Å². The van der Waals surface area contributed by atoms with Gasteiger partial charge in [-0.25, -0.2) is 0 Å². The Balaban J connectivity index is 1.83. The summed E-state index contributed by atoms with van der Waals surface area (Å²) in [4.78, 5) is 15.2. The zero-order valence-corrected chi connectivity index (χ0v) is 15.6. The Bertz CT molecular complexity index is 736. The predicted molar refractivity (Wildman–Crippen MR) is 101 cm³/mol. The number of ether oxygens (including phenoxy) is 1. The molecule has 25 heavy (non-hydrogen) atoms. The molecule has 4 heteroatoms. The van der Waals surface area contributed by atoms with Gasteiger partial charge in [-0.1, -0.05) is 48.7 Å². The van der Waals surface area contributed by atoms with Crippen LogP contribution in [0.5, 0.6) is 5.75 Å². The zero-order valence-electron chi connectivity index (χ0n) is 14.8. The summed E-state index contributed by atoms with van der Waals surface area (Å²) < 4.78 is 5.28. The van der Waals surface area contributed by atoms with Gasteiger partial charge in [0, 0.05) is 18.6 Å². The summed E-state index contributed by atoms with van der Waals surface area (Å²) >= 11 is 6.03. The summed E-state index contributed by atoms with van der Waals surface area (Å²) in [6, 6.07) is 15.6. The van der Waals surface area contributed by atoms with Gasteiger partial charge in [0.2, 0.25) is 5.91 Å². The fraction of sp³-hybridized carbons (Fsp3) is 0.381. The van der Waals surface area contributed by atoms with Crippen LogP contribution in [0.2, 0.25) is 5.02 Å². The van der Waals surface area contributed by atoms with Gasteiger partial charge in [0.25, 0.3) is 0 Å². The van der Waals surface area contributed by atoms with Crippen molar-refractivity contribution in [2.75, 3.05) is 14.2 Å². The maximum Gasteiger partial charge on any atom is 0.233 e. The summed E-state index contributed by atoms with van der Waals surface area (Å²) in [7, 11) is 3.54. The van der Waals surface area contributed by atoms with Crippen molar-refractivity contribution in [1.29, 1.82) is 0 Å². The van der Waals surface area contributed by atoms with Crippen LogP contribution in [0.4, 0.5) is 0 Å². The van der Waals surface area contributed by atoms with Gasteiger partial charge in [0.05, 0.1) is 12.5 Å². The summed E-state index contributed by atoms with van der Waals surface area (Å²) in [5, 5.41) is 0.703. The molecule has 1 fully saturated rings. The third kappa shape index (κ3) is 3.67. The van der Waals surface area contributed by atoms with Gasteiger partial charge in [0.15, 0.2) is 0 Å². The van der Waals surface area contributed by atoms with Crippen LogP contribution in [0.3, 0.4) is 0 Å². The maximum absolute atomic E-state index is 13.4. The largest absolute Gasteiger partial charge is 0.497 e. The number of amides is 1. The lowest BCUT2D eigenvalue weighted by molar-refractivity contribution is -0.136.